The van der Waals surface area contributed by atoms with E-state index < -0.39 is 4.92 Å². The van der Waals surface area contributed by atoms with Crippen LogP contribution >= 0.6 is 0 Å². The molecule has 29 heavy (non-hydrogen) atoms. The number of hydrogen-bond acceptors (Lipinski definition) is 5. The quantitative estimate of drug-likeness (QED) is 0.468. The van der Waals surface area contributed by atoms with Gasteiger partial charge in [-0.1, -0.05) is 12.1 Å². The van der Waals surface area contributed by atoms with Crippen LogP contribution in [0.15, 0.2) is 59.8 Å². The Balaban J connectivity index is 1.75. The van der Waals surface area contributed by atoms with Gasteiger partial charge >= 0.3 is 0 Å². The molecule has 1 atom stereocenters. The summed E-state index contributed by atoms with van der Waals surface area (Å²) in [6.07, 6.45) is 2.48. The molecule has 1 aromatic heterocycles. The Labute approximate surface area is 167 Å². The van der Waals surface area contributed by atoms with E-state index in [9.17, 15) is 14.5 Å². The topological polar surface area (TPSA) is 76.6 Å². The molecule has 148 valence electrons. The summed E-state index contributed by atoms with van der Waals surface area (Å²) in [5.41, 5.74) is 4.56. The minimum atomic E-state index is -0.423. The van der Waals surface area contributed by atoms with Gasteiger partial charge in [0.2, 0.25) is 0 Å². The largest absolute Gasteiger partial charge is 0.270 e. The number of nitrogens with zero attached hydrogens (tertiary/aromatic N) is 5. The van der Waals surface area contributed by atoms with E-state index >= 15 is 0 Å². The fourth-order valence-electron chi connectivity index (χ4n) is 3.64. The summed E-state index contributed by atoms with van der Waals surface area (Å²) in [4.78, 5) is 10.6. The average molecular weight is 393 g/mol. The highest BCUT2D eigenvalue weighted by Gasteiger charge is 2.32. The molecule has 4 rings (SSSR count). The number of benzene rings is 2. The van der Waals surface area contributed by atoms with Crippen molar-refractivity contribution in [2.45, 2.75) is 32.9 Å². The zero-order valence-corrected chi connectivity index (χ0v) is 16.1. The summed E-state index contributed by atoms with van der Waals surface area (Å²) >= 11 is 0. The van der Waals surface area contributed by atoms with Crippen molar-refractivity contribution < 1.29 is 9.31 Å². The Hall–Kier alpha value is -3.55. The molecule has 8 heteroatoms. The van der Waals surface area contributed by atoms with Gasteiger partial charge in [-0.2, -0.15) is 10.2 Å². The summed E-state index contributed by atoms with van der Waals surface area (Å²) in [6, 6.07) is 12.5. The number of hydrogen-bond donors (Lipinski definition) is 0. The molecule has 0 fully saturated rings. The number of nitro benzene ring substituents is 1. The first-order chi connectivity index (χ1) is 14.0. The van der Waals surface area contributed by atoms with Gasteiger partial charge < -0.3 is 0 Å². The number of aryl methyl sites for hydroxylation is 1. The SMILES string of the molecule is CCn1ncc(C2CC(c3ccc(F)cc3)=NN2c2ccc([N+](=O)[O-])cc2)c1C. The lowest BCUT2D eigenvalue weighted by atomic mass is 9.98. The van der Waals surface area contributed by atoms with Gasteiger partial charge in [0.15, 0.2) is 0 Å². The van der Waals surface area contributed by atoms with Crippen molar-refractivity contribution in [1.29, 1.82) is 0 Å². The Kier molecular flexibility index (Phi) is 4.84. The van der Waals surface area contributed by atoms with Gasteiger partial charge in [0.05, 0.1) is 28.6 Å². The first kappa shape index (κ1) is 18.8. The summed E-state index contributed by atoms with van der Waals surface area (Å²) in [5.74, 6) is -0.295. The first-order valence-corrected chi connectivity index (χ1v) is 9.37. The van der Waals surface area contributed by atoms with Crippen LogP contribution in [0.25, 0.3) is 0 Å². The number of nitro groups is 1. The molecule has 0 radical (unpaired) electrons. The minimum Gasteiger partial charge on any atom is -0.270 e. The molecule has 0 bridgehead atoms. The molecule has 2 aromatic carbocycles. The van der Waals surface area contributed by atoms with Crippen LogP contribution in [0.3, 0.4) is 0 Å². The summed E-state index contributed by atoms with van der Waals surface area (Å²) in [5, 5.41) is 22.1. The van der Waals surface area contributed by atoms with Crippen molar-refractivity contribution in [3.05, 3.63) is 87.5 Å². The maximum atomic E-state index is 13.3. The van der Waals surface area contributed by atoms with Crippen LogP contribution < -0.4 is 5.01 Å². The van der Waals surface area contributed by atoms with E-state index in [2.05, 4.69) is 5.10 Å². The molecule has 3 aromatic rings. The lowest BCUT2D eigenvalue weighted by Crippen LogP contribution is -2.19. The van der Waals surface area contributed by atoms with E-state index in [0.717, 1.165) is 34.8 Å². The third-order valence-electron chi connectivity index (χ3n) is 5.21. The summed E-state index contributed by atoms with van der Waals surface area (Å²) < 4.78 is 15.3. The van der Waals surface area contributed by atoms with Crippen LogP contribution in [0.5, 0.6) is 0 Å². The standard InChI is InChI=1S/C21H20FN5O2/c1-3-25-14(2)19(13-23-25)21-12-20(15-4-6-16(22)7-5-15)24-26(21)17-8-10-18(11-9-17)27(28)29/h4-11,13,21H,3,12H2,1-2H3. The van der Waals surface area contributed by atoms with E-state index in [0.29, 0.717) is 6.42 Å². The molecule has 0 spiro atoms. The van der Waals surface area contributed by atoms with Gasteiger partial charge in [0.1, 0.15) is 5.82 Å². The van der Waals surface area contributed by atoms with Crippen LogP contribution in [0, 0.1) is 22.9 Å². The van der Waals surface area contributed by atoms with Gasteiger partial charge in [-0.3, -0.25) is 19.8 Å². The van der Waals surface area contributed by atoms with E-state index in [-0.39, 0.29) is 17.5 Å². The number of hydrazone groups is 1. The van der Waals surface area contributed by atoms with Crippen molar-refractivity contribution in [2.24, 2.45) is 5.10 Å². The Morgan fingerprint density at radius 2 is 1.86 bits per heavy atom. The lowest BCUT2D eigenvalue weighted by Gasteiger charge is -2.23. The molecule has 1 aliphatic rings. The summed E-state index contributed by atoms with van der Waals surface area (Å²) in [6.45, 7) is 4.82. The second-order valence-corrected chi connectivity index (χ2v) is 6.89. The molecular formula is C21H20FN5O2. The third-order valence-corrected chi connectivity index (χ3v) is 5.21. The van der Waals surface area contributed by atoms with Crippen molar-refractivity contribution in [3.63, 3.8) is 0 Å². The predicted molar refractivity (Wildman–Crippen MR) is 109 cm³/mol. The highest BCUT2D eigenvalue weighted by atomic mass is 19.1. The Bertz CT molecular complexity index is 1070. The zero-order chi connectivity index (χ0) is 20.5. The van der Waals surface area contributed by atoms with Crippen LogP contribution in [-0.4, -0.2) is 20.4 Å². The molecule has 0 saturated carbocycles. The highest BCUT2D eigenvalue weighted by Crippen LogP contribution is 2.38. The normalized spacial score (nSPS) is 16.2. The minimum absolute atomic E-state index is 0.0298. The van der Waals surface area contributed by atoms with E-state index in [4.69, 9.17) is 5.10 Å². The first-order valence-electron chi connectivity index (χ1n) is 9.37. The maximum Gasteiger partial charge on any atom is 0.269 e. The molecule has 7 nitrogen and oxygen atoms in total. The van der Waals surface area contributed by atoms with Gasteiger partial charge in [0, 0.05) is 36.4 Å². The van der Waals surface area contributed by atoms with Crippen molar-refractivity contribution in [1.82, 2.24) is 9.78 Å². The van der Waals surface area contributed by atoms with Crippen LogP contribution in [0.1, 0.15) is 36.2 Å². The Morgan fingerprint density at radius 1 is 1.17 bits per heavy atom. The molecule has 0 saturated heterocycles. The van der Waals surface area contributed by atoms with Gasteiger partial charge in [-0.15, -0.1) is 0 Å². The van der Waals surface area contributed by atoms with Crippen LogP contribution in [-0.2, 0) is 6.54 Å². The fraction of sp³-hybridized carbons (Fsp3) is 0.238. The van der Waals surface area contributed by atoms with E-state index in [1.165, 1.54) is 24.3 Å². The number of rotatable bonds is 5. The lowest BCUT2D eigenvalue weighted by molar-refractivity contribution is -0.384. The molecule has 1 aliphatic heterocycles. The number of aromatic nitrogens is 2. The fourth-order valence-corrected chi connectivity index (χ4v) is 3.64. The second-order valence-electron chi connectivity index (χ2n) is 6.89. The molecule has 0 aliphatic carbocycles. The number of non-ortho nitro benzene ring substituents is 1. The van der Waals surface area contributed by atoms with Crippen LogP contribution in [0.4, 0.5) is 15.8 Å². The van der Waals surface area contributed by atoms with Gasteiger partial charge in [-0.25, -0.2) is 4.39 Å². The molecule has 2 heterocycles. The van der Waals surface area contributed by atoms with Gasteiger partial charge in [0.25, 0.3) is 5.69 Å². The van der Waals surface area contributed by atoms with Crippen molar-refractivity contribution >= 4 is 17.1 Å². The molecule has 0 amide bonds. The Morgan fingerprint density at radius 3 is 2.45 bits per heavy atom. The van der Waals surface area contributed by atoms with Gasteiger partial charge in [-0.05, 0) is 43.7 Å². The average Bonchev–Trinajstić information content (AvgIpc) is 3.32. The number of anilines is 1. The van der Waals surface area contributed by atoms with Crippen molar-refractivity contribution in [2.75, 3.05) is 5.01 Å². The monoisotopic (exact) mass is 393 g/mol. The molecule has 0 N–H and O–H groups in total. The summed E-state index contributed by atoms with van der Waals surface area (Å²) in [7, 11) is 0. The third kappa shape index (κ3) is 3.49. The second kappa shape index (κ2) is 7.46. The molecule has 1 unspecified atom stereocenters. The number of halogens is 1. The van der Waals surface area contributed by atoms with E-state index in [1.54, 1.807) is 24.3 Å². The smallest absolute Gasteiger partial charge is 0.269 e. The van der Waals surface area contributed by atoms with E-state index in [1.807, 2.05) is 29.7 Å². The highest BCUT2D eigenvalue weighted by molar-refractivity contribution is 6.03. The van der Waals surface area contributed by atoms with Crippen molar-refractivity contribution in [3.8, 4) is 0 Å². The predicted octanol–water partition coefficient (Wildman–Crippen LogP) is 4.61. The zero-order valence-electron chi connectivity index (χ0n) is 16.1. The maximum absolute atomic E-state index is 13.3. The molecular weight excluding hydrogens is 373 g/mol. The van der Waals surface area contributed by atoms with Crippen LogP contribution in [0.2, 0.25) is 0 Å².